The normalized spacial score (nSPS) is 11.6. The summed E-state index contributed by atoms with van der Waals surface area (Å²) in [7, 11) is 0. The summed E-state index contributed by atoms with van der Waals surface area (Å²) in [6.45, 7) is 8.17. The Morgan fingerprint density at radius 3 is 2.33 bits per heavy atom. The highest BCUT2D eigenvalue weighted by atomic mass is 16.6. The molecule has 1 amide bonds. The molecular weight excluding hydrogens is 382 g/mol. The number of nitrogens with zero attached hydrogens (tertiary/aromatic N) is 4. The lowest BCUT2D eigenvalue weighted by Crippen LogP contribution is -2.18. The Morgan fingerprint density at radius 2 is 1.77 bits per heavy atom. The molecule has 0 saturated carbocycles. The smallest absolute Gasteiger partial charge is 0.267 e. The number of nitro benzene ring substituents is 1. The Labute approximate surface area is 174 Å². The van der Waals surface area contributed by atoms with Gasteiger partial charge in [-0.25, -0.2) is 10.1 Å². The van der Waals surface area contributed by atoms with Gasteiger partial charge < -0.3 is 0 Å². The van der Waals surface area contributed by atoms with Gasteiger partial charge in [-0.15, -0.1) is 0 Å². The number of aromatic nitrogens is 2. The number of hydrogen-bond acceptors (Lipinski definition) is 5. The van der Waals surface area contributed by atoms with Crippen LogP contribution in [0.4, 0.5) is 5.69 Å². The van der Waals surface area contributed by atoms with Crippen LogP contribution in [0.1, 0.15) is 48.0 Å². The maximum absolute atomic E-state index is 12.3. The van der Waals surface area contributed by atoms with E-state index in [1.807, 2.05) is 19.1 Å². The van der Waals surface area contributed by atoms with E-state index in [2.05, 4.69) is 36.4 Å². The molecule has 0 aliphatic heterocycles. The largest absolute Gasteiger partial charge is 0.271 e. The molecule has 1 heterocycles. The van der Waals surface area contributed by atoms with Gasteiger partial charge >= 0.3 is 0 Å². The summed E-state index contributed by atoms with van der Waals surface area (Å²) >= 11 is 0. The number of amides is 1. The summed E-state index contributed by atoms with van der Waals surface area (Å²) in [6, 6.07) is 13.5. The fraction of sp³-hybridized carbons (Fsp3) is 0.227. The zero-order chi connectivity index (χ0) is 21.9. The van der Waals surface area contributed by atoms with Gasteiger partial charge in [-0.1, -0.05) is 32.9 Å². The molecule has 3 rings (SSSR count). The summed E-state index contributed by atoms with van der Waals surface area (Å²) in [5, 5.41) is 19.2. The summed E-state index contributed by atoms with van der Waals surface area (Å²) < 4.78 is 1.60. The van der Waals surface area contributed by atoms with E-state index in [9.17, 15) is 14.9 Å². The Balaban J connectivity index is 1.68. The average Bonchev–Trinajstić information content (AvgIpc) is 3.08. The maximum Gasteiger partial charge on any atom is 0.271 e. The van der Waals surface area contributed by atoms with E-state index in [1.165, 1.54) is 18.3 Å². The third kappa shape index (κ3) is 4.78. The zero-order valence-corrected chi connectivity index (χ0v) is 17.3. The van der Waals surface area contributed by atoms with Gasteiger partial charge in [0, 0.05) is 29.5 Å². The average molecular weight is 405 g/mol. The van der Waals surface area contributed by atoms with Crippen LogP contribution in [-0.2, 0) is 5.41 Å². The van der Waals surface area contributed by atoms with Crippen LogP contribution in [0.3, 0.4) is 0 Å². The third-order valence-corrected chi connectivity index (χ3v) is 4.64. The van der Waals surface area contributed by atoms with Crippen molar-refractivity contribution in [2.75, 3.05) is 0 Å². The van der Waals surface area contributed by atoms with Gasteiger partial charge in [0.05, 0.1) is 22.5 Å². The molecule has 0 fully saturated rings. The molecule has 0 atom stereocenters. The maximum atomic E-state index is 12.3. The van der Waals surface area contributed by atoms with Crippen LogP contribution in [0.15, 0.2) is 59.8 Å². The molecule has 0 unspecified atom stereocenters. The minimum atomic E-state index is -0.449. The molecule has 0 saturated heterocycles. The number of hydrogen-bond donors (Lipinski definition) is 1. The molecule has 3 aromatic rings. The fourth-order valence-corrected chi connectivity index (χ4v) is 2.81. The number of rotatable bonds is 5. The van der Waals surface area contributed by atoms with Crippen molar-refractivity contribution in [3.63, 3.8) is 0 Å². The van der Waals surface area contributed by atoms with Gasteiger partial charge in [-0.05, 0) is 42.2 Å². The number of benzene rings is 2. The van der Waals surface area contributed by atoms with Crippen molar-refractivity contribution in [3.8, 4) is 5.69 Å². The van der Waals surface area contributed by atoms with E-state index in [-0.39, 0.29) is 17.0 Å². The topological polar surface area (TPSA) is 102 Å². The van der Waals surface area contributed by atoms with Gasteiger partial charge in [-0.2, -0.15) is 10.2 Å². The Hall–Kier alpha value is -3.81. The van der Waals surface area contributed by atoms with E-state index in [4.69, 9.17) is 0 Å². The van der Waals surface area contributed by atoms with Crippen molar-refractivity contribution >= 4 is 17.8 Å². The van der Waals surface area contributed by atoms with Crippen molar-refractivity contribution in [1.82, 2.24) is 15.2 Å². The quantitative estimate of drug-likeness (QED) is 0.391. The minimum absolute atomic E-state index is 0.0164. The van der Waals surface area contributed by atoms with Gasteiger partial charge in [0.1, 0.15) is 0 Å². The van der Waals surface area contributed by atoms with Gasteiger partial charge in [0.2, 0.25) is 0 Å². The Morgan fingerprint density at radius 1 is 1.13 bits per heavy atom. The number of hydrazone groups is 1. The Kier molecular flexibility index (Phi) is 5.77. The van der Waals surface area contributed by atoms with Crippen molar-refractivity contribution in [2.45, 2.75) is 33.1 Å². The van der Waals surface area contributed by atoms with Crippen molar-refractivity contribution in [2.24, 2.45) is 5.10 Å². The molecular formula is C22H23N5O3. The van der Waals surface area contributed by atoms with E-state index in [0.717, 1.165) is 11.1 Å². The first-order chi connectivity index (χ1) is 14.1. The summed E-state index contributed by atoms with van der Waals surface area (Å²) in [6.07, 6.45) is 3.26. The van der Waals surface area contributed by atoms with Crippen LogP contribution in [-0.4, -0.2) is 26.8 Å². The number of non-ortho nitro benzene ring substituents is 1. The van der Waals surface area contributed by atoms with Crippen molar-refractivity contribution in [1.29, 1.82) is 0 Å². The number of nitro groups is 1. The van der Waals surface area contributed by atoms with E-state index < -0.39 is 4.92 Å². The standard InChI is InChI=1S/C22H23N5O3/c1-15-17(14-26(25-15)19-9-11-20(12-10-19)27(29)30)13-23-24-21(28)16-5-7-18(8-6-16)22(2,3)4/h5-14H,1-4H3,(H,24,28)/b23-13+. The second-order valence-corrected chi connectivity index (χ2v) is 7.91. The summed E-state index contributed by atoms with van der Waals surface area (Å²) in [4.78, 5) is 22.6. The molecule has 154 valence electrons. The van der Waals surface area contributed by atoms with Crippen LogP contribution < -0.4 is 5.43 Å². The molecule has 0 spiro atoms. The first-order valence-corrected chi connectivity index (χ1v) is 9.40. The molecule has 1 N–H and O–H groups in total. The highest BCUT2D eigenvalue weighted by molar-refractivity contribution is 5.95. The minimum Gasteiger partial charge on any atom is -0.267 e. The van der Waals surface area contributed by atoms with Crippen LogP contribution in [0.25, 0.3) is 5.69 Å². The lowest BCUT2D eigenvalue weighted by Gasteiger charge is -2.18. The van der Waals surface area contributed by atoms with Crippen molar-refractivity contribution in [3.05, 3.63) is 87.2 Å². The number of aryl methyl sites for hydroxylation is 1. The van der Waals surface area contributed by atoms with Crippen LogP contribution >= 0.6 is 0 Å². The molecule has 0 bridgehead atoms. The molecule has 1 aromatic heterocycles. The predicted octanol–water partition coefficient (Wildman–Crippen LogP) is 4.15. The van der Waals surface area contributed by atoms with E-state index >= 15 is 0 Å². The molecule has 0 radical (unpaired) electrons. The SMILES string of the molecule is Cc1nn(-c2ccc([N+](=O)[O-])cc2)cc1/C=N/NC(=O)c1ccc(C(C)(C)C)cc1. The number of carbonyl (C=O) groups excluding carboxylic acids is 1. The number of carbonyl (C=O) groups is 1. The first kappa shape index (κ1) is 20.9. The highest BCUT2D eigenvalue weighted by Crippen LogP contribution is 2.22. The van der Waals surface area contributed by atoms with Gasteiger partial charge in [-0.3, -0.25) is 14.9 Å². The second-order valence-electron chi connectivity index (χ2n) is 7.91. The predicted molar refractivity (Wildman–Crippen MR) is 115 cm³/mol. The van der Waals surface area contributed by atoms with Crippen molar-refractivity contribution < 1.29 is 9.72 Å². The molecule has 0 aliphatic carbocycles. The number of nitrogens with one attached hydrogen (secondary N) is 1. The molecule has 0 aliphatic rings. The summed E-state index contributed by atoms with van der Waals surface area (Å²) in [5.41, 5.74) is 6.35. The van der Waals surface area contributed by atoms with Crippen LogP contribution in [0, 0.1) is 17.0 Å². The second kappa shape index (κ2) is 8.28. The third-order valence-electron chi connectivity index (χ3n) is 4.64. The monoisotopic (exact) mass is 405 g/mol. The summed E-state index contributed by atoms with van der Waals surface area (Å²) in [5.74, 6) is -0.299. The van der Waals surface area contributed by atoms with E-state index in [1.54, 1.807) is 35.1 Å². The van der Waals surface area contributed by atoms with E-state index in [0.29, 0.717) is 16.9 Å². The highest BCUT2D eigenvalue weighted by Gasteiger charge is 2.14. The Bertz CT molecular complexity index is 1090. The lowest BCUT2D eigenvalue weighted by molar-refractivity contribution is -0.384. The molecule has 2 aromatic carbocycles. The fourth-order valence-electron chi connectivity index (χ4n) is 2.81. The lowest BCUT2D eigenvalue weighted by atomic mass is 9.87. The van der Waals surface area contributed by atoms with Crippen LogP contribution in [0.5, 0.6) is 0 Å². The molecule has 8 heteroatoms. The van der Waals surface area contributed by atoms with Gasteiger partial charge in [0.25, 0.3) is 11.6 Å². The van der Waals surface area contributed by atoms with Crippen LogP contribution in [0.2, 0.25) is 0 Å². The van der Waals surface area contributed by atoms with Gasteiger partial charge in [0.15, 0.2) is 0 Å². The molecule has 8 nitrogen and oxygen atoms in total. The molecule has 30 heavy (non-hydrogen) atoms. The first-order valence-electron chi connectivity index (χ1n) is 9.40. The zero-order valence-electron chi connectivity index (χ0n) is 17.3.